The Labute approximate surface area is 69.4 Å². The van der Waals surface area contributed by atoms with Gasteiger partial charge in [-0.2, -0.15) is 0 Å². The zero-order valence-corrected chi connectivity index (χ0v) is 7.44. The second-order valence-corrected chi connectivity index (χ2v) is 3.32. The van der Waals surface area contributed by atoms with E-state index in [1.165, 1.54) is 32.1 Å². The lowest BCUT2D eigenvalue weighted by atomic mass is 9.97. The number of hydrogen-bond donors (Lipinski definition) is 0. The van der Waals surface area contributed by atoms with Gasteiger partial charge in [0, 0.05) is 5.92 Å². The molecule has 0 bridgehead atoms. The molecule has 0 aliphatic carbocycles. The van der Waals surface area contributed by atoms with Gasteiger partial charge in [0.2, 0.25) is 0 Å². The van der Waals surface area contributed by atoms with Crippen LogP contribution in [0, 0.1) is 5.92 Å². The van der Waals surface area contributed by atoms with E-state index in [9.17, 15) is 0 Å². The van der Waals surface area contributed by atoms with Crippen LogP contribution < -0.4 is 0 Å². The zero-order valence-electron chi connectivity index (χ0n) is 7.44. The van der Waals surface area contributed by atoms with Gasteiger partial charge in [0.25, 0.3) is 0 Å². The van der Waals surface area contributed by atoms with Crippen molar-refractivity contribution in [2.45, 2.75) is 39.0 Å². The molecule has 0 spiro atoms. The summed E-state index contributed by atoms with van der Waals surface area (Å²) in [5.74, 6) is 1.70. The third-order valence-corrected chi connectivity index (χ3v) is 2.33. The monoisotopic (exact) mass is 154 g/mol. The minimum Gasteiger partial charge on any atom is -0.497 e. The van der Waals surface area contributed by atoms with Crippen molar-refractivity contribution in [3.8, 4) is 0 Å². The van der Waals surface area contributed by atoms with E-state index >= 15 is 0 Å². The fourth-order valence-electron chi connectivity index (χ4n) is 1.38. The summed E-state index contributed by atoms with van der Waals surface area (Å²) >= 11 is 0. The fraction of sp³-hybridized carbons (Fsp3) is 0.800. The highest BCUT2D eigenvalue weighted by Crippen LogP contribution is 2.27. The molecule has 11 heavy (non-hydrogen) atoms. The molecular formula is C10H18O. The molecule has 1 heteroatoms. The fourth-order valence-corrected chi connectivity index (χ4v) is 1.38. The molecule has 0 amide bonds. The van der Waals surface area contributed by atoms with E-state index in [1.807, 2.05) is 0 Å². The molecule has 0 saturated carbocycles. The molecule has 1 saturated heterocycles. The number of ether oxygens (including phenoxy) is 1. The van der Waals surface area contributed by atoms with Gasteiger partial charge in [-0.3, -0.25) is 0 Å². The highest BCUT2D eigenvalue weighted by Gasteiger charge is 2.22. The minimum atomic E-state index is 0.687. The summed E-state index contributed by atoms with van der Waals surface area (Å²) in [4.78, 5) is 0. The Balaban J connectivity index is 1.91. The van der Waals surface area contributed by atoms with Crippen LogP contribution in [0.3, 0.4) is 0 Å². The first-order valence-corrected chi connectivity index (χ1v) is 4.66. The van der Waals surface area contributed by atoms with Gasteiger partial charge in [-0.25, -0.2) is 0 Å². The lowest BCUT2D eigenvalue weighted by Gasteiger charge is -2.29. The zero-order chi connectivity index (χ0) is 8.10. The summed E-state index contributed by atoms with van der Waals surface area (Å²) in [5.41, 5.74) is 0. The highest BCUT2D eigenvalue weighted by molar-refractivity contribution is 4.98. The van der Waals surface area contributed by atoms with Gasteiger partial charge < -0.3 is 4.74 Å². The van der Waals surface area contributed by atoms with Crippen molar-refractivity contribution >= 4 is 0 Å². The van der Waals surface area contributed by atoms with Crippen LogP contribution in [0.4, 0.5) is 0 Å². The predicted molar refractivity (Wildman–Crippen MR) is 47.3 cm³/mol. The van der Waals surface area contributed by atoms with Crippen molar-refractivity contribution in [2.75, 3.05) is 6.61 Å². The second kappa shape index (κ2) is 4.42. The van der Waals surface area contributed by atoms with Crippen molar-refractivity contribution in [1.82, 2.24) is 0 Å². The summed E-state index contributed by atoms with van der Waals surface area (Å²) in [6.07, 6.45) is 6.71. The summed E-state index contributed by atoms with van der Waals surface area (Å²) in [6, 6.07) is 0. The number of hydrogen-bond acceptors (Lipinski definition) is 1. The van der Waals surface area contributed by atoms with Crippen molar-refractivity contribution in [3.63, 3.8) is 0 Å². The maximum atomic E-state index is 5.11. The summed E-state index contributed by atoms with van der Waals surface area (Å²) in [7, 11) is 0. The highest BCUT2D eigenvalue weighted by atomic mass is 16.5. The lowest BCUT2D eigenvalue weighted by Crippen LogP contribution is -2.23. The summed E-state index contributed by atoms with van der Waals surface area (Å²) in [6.45, 7) is 6.98. The van der Waals surface area contributed by atoms with E-state index in [2.05, 4.69) is 13.5 Å². The van der Waals surface area contributed by atoms with Crippen molar-refractivity contribution in [3.05, 3.63) is 12.3 Å². The first kappa shape index (κ1) is 8.63. The molecular weight excluding hydrogens is 136 g/mol. The molecule has 0 unspecified atom stereocenters. The standard InChI is InChI=1S/C10H18O/c1-3-4-5-6-7-10-8-11-9(10)2/h10H,2-8H2,1H3/t10-/m0/s1. The Morgan fingerprint density at radius 3 is 2.73 bits per heavy atom. The largest absolute Gasteiger partial charge is 0.497 e. The molecule has 1 aliphatic rings. The van der Waals surface area contributed by atoms with Crippen LogP contribution in [0.25, 0.3) is 0 Å². The quantitative estimate of drug-likeness (QED) is 0.553. The summed E-state index contributed by atoms with van der Waals surface area (Å²) < 4.78 is 5.11. The SMILES string of the molecule is C=C1OC[C@@H]1CCCCCC. The lowest BCUT2D eigenvalue weighted by molar-refractivity contribution is 0.0443. The minimum absolute atomic E-state index is 0.687. The normalized spacial score (nSPS) is 22.6. The second-order valence-electron chi connectivity index (χ2n) is 3.32. The van der Waals surface area contributed by atoms with Crippen molar-refractivity contribution < 1.29 is 4.74 Å². The van der Waals surface area contributed by atoms with Gasteiger partial charge in [-0.1, -0.05) is 39.2 Å². The Morgan fingerprint density at radius 2 is 2.27 bits per heavy atom. The Bertz CT molecular complexity index is 129. The maximum Gasteiger partial charge on any atom is 0.0975 e. The number of rotatable bonds is 5. The molecule has 0 N–H and O–H groups in total. The van der Waals surface area contributed by atoms with Gasteiger partial charge in [0.15, 0.2) is 0 Å². The van der Waals surface area contributed by atoms with Crippen LogP contribution >= 0.6 is 0 Å². The van der Waals surface area contributed by atoms with Crippen LogP contribution in [0.1, 0.15) is 39.0 Å². The molecule has 0 aromatic heterocycles. The molecule has 1 aliphatic heterocycles. The summed E-state index contributed by atoms with van der Waals surface area (Å²) in [5, 5.41) is 0. The molecule has 0 radical (unpaired) electrons. The first-order chi connectivity index (χ1) is 5.34. The van der Waals surface area contributed by atoms with E-state index in [4.69, 9.17) is 4.74 Å². The molecule has 1 rings (SSSR count). The molecule has 1 heterocycles. The van der Waals surface area contributed by atoms with Crippen LogP contribution in [0.15, 0.2) is 12.3 Å². The third-order valence-electron chi connectivity index (χ3n) is 2.33. The Kier molecular flexibility index (Phi) is 3.47. The molecule has 0 aromatic rings. The van der Waals surface area contributed by atoms with Gasteiger partial charge in [-0.15, -0.1) is 0 Å². The third kappa shape index (κ3) is 2.57. The molecule has 64 valence electrons. The van der Waals surface area contributed by atoms with E-state index < -0.39 is 0 Å². The molecule has 1 atom stereocenters. The average Bonchev–Trinajstić information content (AvgIpc) is 2.02. The molecule has 1 nitrogen and oxygen atoms in total. The number of unbranched alkanes of at least 4 members (excludes halogenated alkanes) is 3. The molecule has 0 aromatic carbocycles. The molecule has 1 fully saturated rings. The van der Waals surface area contributed by atoms with E-state index in [0.717, 1.165) is 12.4 Å². The topological polar surface area (TPSA) is 9.23 Å². The van der Waals surface area contributed by atoms with Crippen molar-refractivity contribution in [2.24, 2.45) is 5.92 Å². The maximum absolute atomic E-state index is 5.11. The van der Waals surface area contributed by atoms with E-state index in [1.54, 1.807) is 0 Å². The van der Waals surface area contributed by atoms with Crippen LogP contribution in [0.5, 0.6) is 0 Å². The van der Waals surface area contributed by atoms with Gasteiger partial charge in [0.1, 0.15) is 0 Å². The van der Waals surface area contributed by atoms with Crippen molar-refractivity contribution in [1.29, 1.82) is 0 Å². The van der Waals surface area contributed by atoms with Crippen LogP contribution in [-0.2, 0) is 4.74 Å². The van der Waals surface area contributed by atoms with E-state index in [0.29, 0.717) is 5.92 Å². The van der Waals surface area contributed by atoms with Gasteiger partial charge in [-0.05, 0) is 6.42 Å². The van der Waals surface area contributed by atoms with E-state index in [-0.39, 0.29) is 0 Å². The van der Waals surface area contributed by atoms with Gasteiger partial charge >= 0.3 is 0 Å². The van der Waals surface area contributed by atoms with Crippen LogP contribution in [-0.4, -0.2) is 6.61 Å². The Morgan fingerprint density at radius 1 is 1.45 bits per heavy atom. The Hall–Kier alpha value is -0.460. The van der Waals surface area contributed by atoms with Crippen LogP contribution in [0.2, 0.25) is 0 Å². The first-order valence-electron chi connectivity index (χ1n) is 4.66. The predicted octanol–water partition coefficient (Wildman–Crippen LogP) is 3.12. The average molecular weight is 154 g/mol. The smallest absolute Gasteiger partial charge is 0.0975 e. The van der Waals surface area contributed by atoms with Gasteiger partial charge in [0.05, 0.1) is 12.4 Å².